The molecule has 0 spiro atoms. The summed E-state index contributed by atoms with van der Waals surface area (Å²) in [4.78, 5) is 25.8. The molecular formula is C14H23NO4. The summed E-state index contributed by atoms with van der Waals surface area (Å²) in [6.07, 6.45) is 0.507. The molecule has 0 aliphatic carbocycles. The number of aliphatic carboxylic acids is 1. The van der Waals surface area contributed by atoms with E-state index in [2.05, 4.69) is 0 Å². The Bertz CT molecular complexity index is 382. The first kappa shape index (κ1) is 14.3. The van der Waals surface area contributed by atoms with Crippen molar-refractivity contribution in [2.45, 2.75) is 27.2 Å². The van der Waals surface area contributed by atoms with Crippen LogP contribution in [-0.4, -0.2) is 48.2 Å². The molecular weight excluding hydrogens is 246 g/mol. The first-order valence-electron chi connectivity index (χ1n) is 6.98. The van der Waals surface area contributed by atoms with Crippen LogP contribution in [0.15, 0.2) is 0 Å². The summed E-state index contributed by atoms with van der Waals surface area (Å²) >= 11 is 0. The summed E-state index contributed by atoms with van der Waals surface area (Å²) in [5, 5.41) is 9.55. The van der Waals surface area contributed by atoms with Crippen molar-refractivity contribution in [1.29, 1.82) is 0 Å². The summed E-state index contributed by atoms with van der Waals surface area (Å²) < 4.78 is 5.39. The van der Waals surface area contributed by atoms with Crippen LogP contribution >= 0.6 is 0 Å². The third kappa shape index (κ3) is 2.36. The lowest BCUT2D eigenvalue weighted by Gasteiger charge is -2.34. The first-order valence-corrected chi connectivity index (χ1v) is 6.98. The molecule has 0 aromatic rings. The SMILES string of the molecule is CC(C)C(C)C(=O)N1C[C@H]2COCC[C@@]2(C(=O)O)C1. The third-order valence-electron chi connectivity index (χ3n) is 4.83. The number of likely N-dealkylation sites (tertiary alicyclic amines) is 1. The number of carboxylic acid groups (broad SMARTS) is 1. The van der Waals surface area contributed by atoms with E-state index < -0.39 is 11.4 Å². The van der Waals surface area contributed by atoms with E-state index in [1.54, 1.807) is 4.90 Å². The van der Waals surface area contributed by atoms with E-state index in [0.717, 1.165) is 0 Å². The molecule has 0 bridgehead atoms. The van der Waals surface area contributed by atoms with Crippen LogP contribution in [0.25, 0.3) is 0 Å². The Hall–Kier alpha value is -1.10. The zero-order valence-electron chi connectivity index (χ0n) is 11.9. The molecule has 108 valence electrons. The molecule has 0 aromatic carbocycles. The molecule has 1 unspecified atom stereocenters. The zero-order valence-corrected chi connectivity index (χ0v) is 11.9. The number of carbonyl (C=O) groups is 2. The predicted molar refractivity (Wildman–Crippen MR) is 69.6 cm³/mol. The molecule has 0 radical (unpaired) electrons. The van der Waals surface area contributed by atoms with E-state index in [-0.39, 0.29) is 23.7 Å². The average Bonchev–Trinajstić information content (AvgIpc) is 2.77. The number of hydrogen-bond donors (Lipinski definition) is 1. The highest BCUT2D eigenvalue weighted by Crippen LogP contribution is 2.43. The van der Waals surface area contributed by atoms with Crippen LogP contribution in [-0.2, 0) is 14.3 Å². The van der Waals surface area contributed by atoms with Crippen molar-refractivity contribution in [2.75, 3.05) is 26.3 Å². The van der Waals surface area contributed by atoms with Gasteiger partial charge in [-0.3, -0.25) is 9.59 Å². The molecule has 0 saturated carbocycles. The normalized spacial score (nSPS) is 32.2. The van der Waals surface area contributed by atoms with Crippen molar-refractivity contribution in [2.24, 2.45) is 23.2 Å². The highest BCUT2D eigenvalue weighted by molar-refractivity contribution is 5.82. The van der Waals surface area contributed by atoms with Gasteiger partial charge in [-0.05, 0) is 12.3 Å². The Morgan fingerprint density at radius 2 is 2.05 bits per heavy atom. The van der Waals surface area contributed by atoms with Crippen LogP contribution < -0.4 is 0 Å². The molecule has 2 aliphatic heterocycles. The van der Waals surface area contributed by atoms with Gasteiger partial charge in [0, 0.05) is 31.5 Å². The molecule has 2 rings (SSSR count). The quantitative estimate of drug-likeness (QED) is 0.836. The molecule has 1 amide bonds. The number of nitrogens with zero attached hydrogens (tertiary/aromatic N) is 1. The second-order valence-electron chi connectivity index (χ2n) is 6.23. The number of fused-ring (bicyclic) bond motifs is 1. The van der Waals surface area contributed by atoms with E-state index in [1.165, 1.54) is 0 Å². The fourth-order valence-corrected chi connectivity index (χ4v) is 3.04. The van der Waals surface area contributed by atoms with E-state index in [9.17, 15) is 14.7 Å². The fourth-order valence-electron chi connectivity index (χ4n) is 3.04. The molecule has 2 aliphatic rings. The van der Waals surface area contributed by atoms with E-state index in [0.29, 0.717) is 32.7 Å². The van der Waals surface area contributed by atoms with Crippen LogP contribution in [0, 0.1) is 23.2 Å². The van der Waals surface area contributed by atoms with E-state index >= 15 is 0 Å². The minimum atomic E-state index is -0.787. The van der Waals surface area contributed by atoms with Crippen LogP contribution in [0.2, 0.25) is 0 Å². The van der Waals surface area contributed by atoms with Gasteiger partial charge in [0.25, 0.3) is 0 Å². The molecule has 2 fully saturated rings. The van der Waals surface area contributed by atoms with E-state index in [1.807, 2.05) is 20.8 Å². The summed E-state index contributed by atoms with van der Waals surface area (Å²) in [7, 11) is 0. The van der Waals surface area contributed by atoms with Crippen molar-refractivity contribution in [1.82, 2.24) is 4.90 Å². The lowest BCUT2D eigenvalue weighted by Crippen LogP contribution is -2.45. The zero-order chi connectivity index (χ0) is 14.2. The molecule has 5 heteroatoms. The predicted octanol–water partition coefficient (Wildman–Crippen LogP) is 1.23. The van der Waals surface area contributed by atoms with Gasteiger partial charge in [-0.1, -0.05) is 20.8 Å². The second-order valence-corrected chi connectivity index (χ2v) is 6.23. The Balaban J connectivity index is 2.16. The molecule has 3 atom stereocenters. The molecule has 2 saturated heterocycles. The number of amides is 1. The van der Waals surface area contributed by atoms with Gasteiger partial charge in [-0.25, -0.2) is 0 Å². The maximum absolute atomic E-state index is 12.4. The van der Waals surface area contributed by atoms with Gasteiger partial charge in [0.15, 0.2) is 0 Å². The largest absolute Gasteiger partial charge is 0.481 e. The number of hydrogen-bond acceptors (Lipinski definition) is 3. The Labute approximate surface area is 113 Å². The smallest absolute Gasteiger partial charge is 0.311 e. The van der Waals surface area contributed by atoms with Crippen LogP contribution in [0.4, 0.5) is 0 Å². The van der Waals surface area contributed by atoms with Crippen LogP contribution in [0.1, 0.15) is 27.2 Å². The Morgan fingerprint density at radius 3 is 2.58 bits per heavy atom. The minimum absolute atomic E-state index is 0.0630. The van der Waals surface area contributed by atoms with Crippen molar-refractivity contribution in [3.8, 4) is 0 Å². The maximum atomic E-state index is 12.4. The first-order chi connectivity index (χ1) is 8.88. The van der Waals surface area contributed by atoms with Crippen molar-refractivity contribution in [3.05, 3.63) is 0 Å². The van der Waals surface area contributed by atoms with Crippen molar-refractivity contribution in [3.63, 3.8) is 0 Å². The molecule has 2 heterocycles. The molecule has 1 N–H and O–H groups in total. The lowest BCUT2D eigenvalue weighted by atomic mass is 9.74. The van der Waals surface area contributed by atoms with Gasteiger partial charge in [-0.15, -0.1) is 0 Å². The highest BCUT2D eigenvalue weighted by Gasteiger charge is 2.55. The minimum Gasteiger partial charge on any atom is -0.481 e. The number of rotatable bonds is 3. The summed E-state index contributed by atoms with van der Waals surface area (Å²) in [5.41, 5.74) is -0.787. The van der Waals surface area contributed by atoms with Crippen molar-refractivity contribution < 1.29 is 19.4 Å². The number of carboxylic acids is 1. The maximum Gasteiger partial charge on any atom is 0.311 e. The van der Waals surface area contributed by atoms with Gasteiger partial charge in [-0.2, -0.15) is 0 Å². The Kier molecular flexibility index (Phi) is 3.85. The standard InChI is InChI=1S/C14H23NO4/c1-9(2)10(3)12(16)15-6-11-7-19-5-4-14(11,8-15)13(17)18/h9-11H,4-8H2,1-3H3,(H,17,18)/t10?,11-,14+/m0/s1. The second kappa shape index (κ2) is 5.12. The van der Waals surface area contributed by atoms with Gasteiger partial charge < -0.3 is 14.7 Å². The van der Waals surface area contributed by atoms with Crippen molar-refractivity contribution >= 4 is 11.9 Å². The topological polar surface area (TPSA) is 66.8 Å². The van der Waals surface area contributed by atoms with Crippen LogP contribution in [0.3, 0.4) is 0 Å². The number of ether oxygens (including phenoxy) is 1. The van der Waals surface area contributed by atoms with Crippen LogP contribution in [0.5, 0.6) is 0 Å². The third-order valence-corrected chi connectivity index (χ3v) is 4.83. The highest BCUT2D eigenvalue weighted by atomic mass is 16.5. The fraction of sp³-hybridized carbons (Fsp3) is 0.857. The van der Waals surface area contributed by atoms with E-state index in [4.69, 9.17) is 4.74 Å². The summed E-state index contributed by atoms with van der Waals surface area (Å²) in [6, 6.07) is 0. The van der Waals surface area contributed by atoms with Gasteiger partial charge in [0.05, 0.1) is 12.0 Å². The van der Waals surface area contributed by atoms with Gasteiger partial charge in [0.1, 0.15) is 0 Å². The van der Waals surface area contributed by atoms with Gasteiger partial charge >= 0.3 is 5.97 Å². The molecule has 0 aromatic heterocycles. The summed E-state index contributed by atoms with van der Waals surface area (Å²) in [5.74, 6) is -0.570. The monoisotopic (exact) mass is 269 g/mol. The Morgan fingerprint density at radius 1 is 1.37 bits per heavy atom. The van der Waals surface area contributed by atoms with Gasteiger partial charge in [0.2, 0.25) is 5.91 Å². The molecule has 5 nitrogen and oxygen atoms in total. The molecule has 19 heavy (non-hydrogen) atoms. The lowest BCUT2D eigenvalue weighted by molar-refractivity contribution is -0.157. The average molecular weight is 269 g/mol. The number of carbonyl (C=O) groups excluding carboxylic acids is 1. The summed E-state index contributed by atoms with van der Waals surface area (Å²) in [6.45, 7) is 7.73.